The first-order valence-corrected chi connectivity index (χ1v) is 5.34. The lowest BCUT2D eigenvalue weighted by Crippen LogP contribution is -1.83. The first-order chi connectivity index (χ1) is 7.56. The van der Waals surface area contributed by atoms with Crippen molar-refractivity contribution in [3.63, 3.8) is 0 Å². The van der Waals surface area contributed by atoms with Crippen LogP contribution in [0.5, 0.6) is 5.75 Å². The van der Waals surface area contributed by atoms with Gasteiger partial charge >= 0.3 is 0 Å². The number of phenols is 1. The lowest BCUT2D eigenvalue weighted by Gasteiger charge is -1.98. The third-order valence-corrected chi connectivity index (χ3v) is 3.13. The summed E-state index contributed by atoms with van der Waals surface area (Å²) in [6.07, 6.45) is 1.45. The summed E-state index contributed by atoms with van der Waals surface area (Å²) in [7, 11) is 0. The summed E-state index contributed by atoms with van der Waals surface area (Å²) < 4.78 is 13.0. The summed E-state index contributed by atoms with van der Waals surface area (Å²) >= 11 is 1.17. The number of phenolic OH excluding ortho intramolecular Hbond substituents is 1. The van der Waals surface area contributed by atoms with E-state index >= 15 is 0 Å². The van der Waals surface area contributed by atoms with Crippen LogP contribution in [-0.2, 0) is 0 Å². The van der Waals surface area contributed by atoms with Gasteiger partial charge in [-0.2, -0.15) is 0 Å². The van der Waals surface area contributed by atoms with Gasteiger partial charge in [-0.05, 0) is 12.1 Å². The Morgan fingerprint density at radius 3 is 2.75 bits per heavy atom. The summed E-state index contributed by atoms with van der Waals surface area (Å²) in [6, 6.07) is 3.69. The highest BCUT2D eigenvalue weighted by Gasteiger charge is 2.09. The molecule has 0 saturated carbocycles. The van der Waals surface area contributed by atoms with Crippen molar-refractivity contribution >= 4 is 17.1 Å². The topological polar surface area (TPSA) is 50.2 Å². The van der Waals surface area contributed by atoms with Gasteiger partial charge in [-0.25, -0.2) is 9.37 Å². The molecule has 0 amide bonds. The maximum atomic E-state index is 13.0. The van der Waals surface area contributed by atoms with Gasteiger partial charge < -0.3 is 5.11 Å². The second-order valence-electron chi connectivity index (χ2n) is 3.28. The molecule has 1 aromatic heterocycles. The van der Waals surface area contributed by atoms with E-state index in [9.17, 15) is 14.3 Å². The summed E-state index contributed by atoms with van der Waals surface area (Å²) in [5, 5.41) is 9.75. The van der Waals surface area contributed by atoms with E-state index in [1.165, 1.54) is 36.6 Å². The molecule has 1 aromatic carbocycles. The van der Waals surface area contributed by atoms with Crippen LogP contribution in [0.15, 0.2) is 24.4 Å². The van der Waals surface area contributed by atoms with Gasteiger partial charge in [-0.1, -0.05) is 0 Å². The number of benzene rings is 1. The number of halogens is 1. The van der Waals surface area contributed by atoms with E-state index in [2.05, 4.69) is 4.98 Å². The van der Waals surface area contributed by atoms with Crippen molar-refractivity contribution in [2.45, 2.75) is 6.92 Å². The van der Waals surface area contributed by atoms with Crippen molar-refractivity contribution in [1.29, 1.82) is 0 Å². The Balaban J connectivity index is 2.46. The first kappa shape index (κ1) is 10.8. The third kappa shape index (κ3) is 2.09. The van der Waals surface area contributed by atoms with E-state index in [1.54, 1.807) is 0 Å². The Labute approximate surface area is 95.2 Å². The van der Waals surface area contributed by atoms with Crippen LogP contribution in [0.2, 0.25) is 0 Å². The zero-order valence-corrected chi connectivity index (χ0v) is 9.21. The average Bonchev–Trinajstić information content (AvgIpc) is 2.64. The van der Waals surface area contributed by atoms with Crippen molar-refractivity contribution in [2.24, 2.45) is 0 Å². The Kier molecular flexibility index (Phi) is 2.70. The van der Waals surface area contributed by atoms with Crippen molar-refractivity contribution in [3.05, 3.63) is 35.1 Å². The molecule has 0 saturated heterocycles. The van der Waals surface area contributed by atoms with Crippen LogP contribution in [0.25, 0.3) is 10.6 Å². The molecular weight excluding hydrogens is 229 g/mol. The molecule has 0 spiro atoms. The Morgan fingerprint density at radius 1 is 1.44 bits per heavy atom. The smallest absolute Gasteiger partial charge is 0.171 e. The molecule has 1 heterocycles. The molecule has 2 rings (SSSR count). The molecule has 0 aliphatic rings. The minimum atomic E-state index is -0.533. The lowest BCUT2D eigenvalue weighted by molar-refractivity contribution is 0.102. The van der Waals surface area contributed by atoms with Crippen LogP contribution in [-0.4, -0.2) is 15.9 Å². The van der Waals surface area contributed by atoms with Gasteiger partial charge in [0, 0.05) is 24.8 Å². The molecule has 0 radical (unpaired) electrons. The number of hydrogen-bond donors (Lipinski definition) is 1. The predicted molar refractivity (Wildman–Crippen MR) is 59.2 cm³/mol. The summed E-state index contributed by atoms with van der Waals surface area (Å²) in [6.45, 7) is 1.44. The summed E-state index contributed by atoms with van der Waals surface area (Å²) in [5.41, 5.74) is 0.468. The molecule has 5 heteroatoms. The summed E-state index contributed by atoms with van der Waals surface area (Å²) in [5.74, 6) is -0.770. The van der Waals surface area contributed by atoms with Crippen LogP contribution < -0.4 is 0 Å². The number of carbonyl (C=O) groups excluding carboxylic acids is 1. The van der Waals surface area contributed by atoms with Crippen molar-refractivity contribution < 1.29 is 14.3 Å². The number of carbonyl (C=O) groups is 1. The molecule has 0 bridgehead atoms. The molecule has 0 aliphatic heterocycles. The lowest BCUT2D eigenvalue weighted by atomic mass is 10.2. The van der Waals surface area contributed by atoms with Gasteiger partial charge in [-0.3, -0.25) is 4.79 Å². The van der Waals surface area contributed by atoms with Gasteiger partial charge in [0.2, 0.25) is 0 Å². The van der Waals surface area contributed by atoms with Gasteiger partial charge in [0.05, 0.1) is 4.88 Å². The molecule has 1 N–H and O–H groups in total. The van der Waals surface area contributed by atoms with Crippen molar-refractivity contribution in [2.75, 3.05) is 0 Å². The standard InChI is InChI=1S/C11H8FNO2S/c1-6(14)10-5-13-11(16-10)7-2-8(12)4-9(15)3-7/h2-5,15H,1H3. The summed E-state index contributed by atoms with van der Waals surface area (Å²) in [4.78, 5) is 15.6. The molecule has 0 aliphatic carbocycles. The maximum absolute atomic E-state index is 13.0. The minimum absolute atomic E-state index is 0.0793. The van der Waals surface area contributed by atoms with Gasteiger partial charge in [0.25, 0.3) is 0 Å². The van der Waals surface area contributed by atoms with E-state index < -0.39 is 5.82 Å². The largest absolute Gasteiger partial charge is 0.508 e. The highest BCUT2D eigenvalue weighted by molar-refractivity contribution is 7.16. The zero-order chi connectivity index (χ0) is 11.7. The highest BCUT2D eigenvalue weighted by atomic mass is 32.1. The fraction of sp³-hybridized carbons (Fsp3) is 0.0909. The van der Waals surface area contributed by atoms with E-state index in [0.29, 0.717) is 15.4 Å². The molecule has 0 unspecified atom stereocenters. The molecule has 0 fully saturated rings. The van der Waals surface area contributed by atoms with Crippen molar-refractivity contribution in [1.82, 2.24) is 4.98 Å². The van der Waals surface area contributed by atoms with Gasteiger partial charge in [0.15, 0.2) is 5.78 Å². The van der Waals surface area contributed by atoms with E-state index in [-0.39, 0.29) is 11.5 Å². The zero-order valence-electron chi connectivity index (χ0n) is 8.40. The quantitative estimate of drug-likeness (QED) is 0.817. The van der Waals surface area contributed by atoms with E-state index in [4.69, 9.17) is 0 Å². The van der Waals surface area contributed by atoms with Crippen molar-refractivity contribution in [3.8, 4) is 16.3 Å². The first-order valence-electron chi connectivity index (χ1n) is 4.53. The maximum Gasteiger partial charge on any atom is 0.171 e. The van der Waals surface area contributed by atoms with Crippen LogP contribution in [0, 0.1) is 5.82 Å². The van der Waals surface area contributed by atoms with E-state index in [1.807, 2.05) is 0 Å². The predicted octanol–water partition coefficient (Wildman–Crippen LogP) is 2.86. The highest BCUT2D eigenvalue weighted by Crippen LogP contribution is 2.28. The number of thiazole rings is 1. The van der Waals surface area contributed by atoms with E-state index in [0.717, 1.165) is 6.07 Å². The van der Waals surface area contributed by atoms with Gasteiger partial charge in [0.1, 0.15) is 16.6 Å². The second-order valence-corrected chi connectivity index (χ2v) is 4.31. The number of aromatic hydroxyl groups is 1. The van der Waals surface area contributed by atoms with Crippen LogP contribution in [0.3, 0.4) is 0 Å². The Hall–Kier alpha value is -1.75. The minimum Gasteiger partial charge on any atom is -0.508 e. The second kappa shape index (κ2) is 4.02. The number of Topliss-reactive ketones (excluding diaryl/α,β-unsaturated/α-hetero) is 1. The Bertz CT molecular complexity index is 530. The molecule has 3 nitrogen and oxygen atoms in total. The van der Waals surface area contributed by atoms with Crippen LogP contribution in [0.1, 0.15) is 16.6 Å². The number of ketones is 1. The van der Waals surface area contributed by atoms with Gasteiger partial charge in [-0.15, -0.1) is 11.3 Å². The monoisotopic (exact) mass is 237 g/mol. The molecular formula is C11H8FNO2S. The van der Waals surface area contributed by atoms with Crippen LogP contribution >= 0.6 is 11.3 Å². The SMILES string of the molecule is CC(=O)c1cnc(-c2cc(O)cc(F)c2)s1. The number of aromatic nitrogens is 1. The number of nitrogens with zero attached hydrogens (tertiary/aromatic N) is 1. The molecule has 82 valence electrons. The fourth-order valence-corrected chi connectivity index (χ4v) is 2.07. The third-order valence-electron chi connectivity index (χ3n) is 1.98. The Morgan fingerprint density at radius 2 is 2.19 bits per heavy atom. The molecule has 2 aromatic rings. The average molecular weight is 237 g/mol. The fourth-order valence-electron chi connectivity index (χ4n) is 1.27. The molecule has 0 atom stereocenters. The number of hydrogen-bond acceptors (Lipinski definition) is 4. The van der Waals surface area contributed by atoms with Crippen LogP contribution in [0.4, 0.5) is 4.39 Å². The molecule has 16 heavy (non-hydrogen) atoms. The normalized spacial score (nSPS) is 10.4. The number of rotatable bonds is 2.